The lowest BCUT2D eigenvalue weighted by molar-refractivity contribution is -0.389. The van der Waals surface area contributed by atoms with Crippen LogP contribution in [0.3, 0.4) is 0 Å². The Bertz CT molecular complexity index is 748. The summed E-state index contributed by atoms with van der Waals surface area (Å²) >= 11 is 1.39. The first-order chi connectivity index (χ1) is 12.1. The van der Waals surface area contributed by atoms with Gasteiger partial charge in [-0.05, 0) is 17.8 Å². The number of aromatic nitrogens is 2. The van der Waals surface area contributed by atoms with Gasteiger partial charge in [0.25, 0.3) is 4.96 Å². The summed E-state index contributed by atoms with van der Waals surface area (Å²) in [5.74, 6) is 0.472. The van der Waals surface area contributed by atoms with Gasteiger partial charge in [-0.3, -0.25) is 4.90 Å². The molecule has 2 fully saturated rings. The summed E-state index contributed by atoms with van der Waals surface area (Å²) in [6.07, 6.45) is 3.08. The number of hydrogen-bond donors (Lipinski definition) is 1. The zero-order chi connectivity index (χ0) is 17.4. The van der Waals surface area contributed by atoms with Crippen molar-refractivity contribution >= 4 is 27.9 Å². The minimum Gasteiger partial charge on any atom is -0.389 e. The molecule has 4 rings (SSSR count). The van der Waals surface area contributed by atoms with Crippen molar-refractivity contribution in [3.8, 4) is 0 Å². The van der Waals surface area contributed by atoms with Crippen molar-refractivity contribution in [3.63, 3.8) is 0 Å². The third-order valence-electron chi connectivity index (χ3n) is 4.90. The van der Waals surface area contributed by atoms with Crippen LogP contribution < -0.4 is 4.90 Å². The van der Waals surface area contributed by atoms with Crippen molar-refractivity contribution in [2.75, 3.05) is 44.2 Å². The molecule has 0 amide bonds. The minimum absolute atomic E-state index is 0.0316. The maximum atomic E-state index is 11.5. The summed E-state index contributed by atoms with van der Waals surface area (Å²) in [6.45, 7) is 4.11. The van der Waals surface area contributed by atoms with Gasteiger partial charge in [0.1, 0.15) is 6.20 Å². The van der Waals surface area contributed by atoms with Gasteiger partial charge < -0.3 is 24.9 Å². The van der Waals surface area contributed by atoms with Crippen LogP contribution in [0.5, 0.6) is 0 Å². The largest absolute Gasteiger partial charge is 0.389 e. The molecule has 0 radical (unpaired) electrons. The third kappa shape index (κ3) is 3.22. The van der Waals surface area contributed by atoms with Gasteiger partial charge in [0.15, 0.2) is 0 Å². The van der Waals surface area contributed by atoms with Gasteiger partial charge >= 0.3 is 5.82 Å². The fraction of sp³-hybridized carbons (Fsp3) is 0.667. The molecule has 2 aliphatic heterocycles. The van der Waals surface area contributed by atoms with Gasteiger partial charge in [-0.2, -0.15) is 9.38 Å². The van der Waals surface area contributed by atoms with Crippen LogP contribution in [0, 0.1) is 10.1 Å². The van der Waals surface area contributed by atoms with E-state index in [0.717, 1.165) is 32.5 Å². The fourth-order valence-electron chi connectivity index (χ4n) is 3.57. The molecule has 2 saturated heterocycles. The van der Waals surface area contributed by atoms with Crippen molar-refractivity contribution in [2.24, 2.45) is 0 Å². The minimum atomic E-state index is -0.471. The van der Waals surface area contributed by atoms with Crippen LogP contribution >= 0.6 is 11.3 Å². The van der Waals surface area contributed by atoms with Crippen LogP contribution in [-0.2, 0) is 4.74 Å². The topological polar surface area (TPSA) is 96.4 Å². The van der Waals surface area contributed by atoms with Crippen molar-refractivity contribution in [1.82, 2.24) is 14.3 Å². The molecule has 136 valence electrons. The van der Waals surface area contributed by atoms with E-state index in [0.29, 0.717) is 30.4 Å². The number of piperazine rings is 1. The number of imidazole rings is 1. The van der Waals surface area contributed by atoms with E-state index in [1.54, 1.807) is 11.6 Å². The lowest BCUT2D eigenvalue weighted by atomic mass is 10.1. The molecular formula is C15H21N5O4S. The molecular weight excluding hydrogens is 346 g/mol. The van der Waals surface area contributed by atoms with Crippen LogP contribution in [0.4, 0.5) is 11.6 Å². The third-order valence-corrected chi connectivity index (χ3v) is 5.66. The predicted molar refractivity (Wildman–Crippen MR) is 93.4 cm³/mol. The second-order valence-electron chi connectivity index (χ2n) is 6.48. The number of aliphatic hydroxyl groups excluding tert-OH is 1. The van der Waals surface area contributed by atoms with Crippen molar-refractivity contribution in [2.45, 2.75) is 25.0 Å². The highest BCUT2D eigenvalue weighted by atomic mass is 32.1. The van der Waals surface area contributed by atoms with E-state index in [1.165, 1.54) is 15.7 Å². The summed E-state index contributed by atoms with van der Waals surface area (Å²) in [7, 11) is 0. The van der Waals surface area contributed by atoms with Gasteiger partial charge in [0.05, 0.1) is 12.2 Å². The second-order valence-corrected chi connectivity index (χ2v) is 7.35. The Kier molecular flexibility index (Phi) is 4.59. The van der Waals surface area contributed by atoms with Crippen LogP contribution in [0.15, 0.2) is 11.6 Å². The molecule has 25 heavy (non-hydrogen) atoms. The van der Waals surface area contributed by atoms with Crippen molar-refractivity contribution in [3.05, 3.63) is 21.7 Å². The molecule has 2 atom stereocenters. The number of thiazole rings is 1. The fourth-order valence-corrected chi connectivity index (χ4v) is 4.28. The monoisotopic (exact) mass is 367 g/mol. The molecule has 0 saturated carbocycles. The molecule has 9 nitrogen and oxygen atoms in total. The van der Waals surface area contributed by atoms with Gasteiger partial charge in [0, 0.05) is 44.7 Å². The second kappa shape index (κ2) is 6.87. The van der Waals surface area contributed by atoms with Gasteiger partial charge in [-0.1, -0.05) is 11.3 Å². The lowest BCUT2D eigenvalue weighted by Crippen LogP contribution is -2.50. The zero-order valence-electron chi connectivity index (χ0n) is 13.8. The first-order valence-corrected chi connectivity index (χ1v) is 9.38. The number of anilines is 1. The molecule has 2 aromatic heterocycles. The van der Waals surface area contributed by atoms with Gasteiger partial charge in [0.2, 0.25) is 5.82 Å². The normalized spacial score (nSPS) is 23.4. The number of fused-ring (bicyclic) bond motifs is 1. The van der Waals surface area contributed by atoms with Crippen molar-refractivity contribution in [1.29, 1.82) is 0 Å². The number of hydrogen-bond acceptors (Lipinski definition) is 8. The summed E-state index contributed by atoms with van der Waals surface area (Å²) in [6, 6.07) is 0. The van der Waals surface area contributed by atoms with E-state index in [2.05, 4.69) is 9.88 Å². The average molecular weight is 367 g/mol. The Morgan fingerprint density at radius 2 is 2.24 bits per heavy atom. The molecule has 2 unspecified atom stereocenters. The zero-order valence-corrected chi connectivity index (χ0v) is 14.6. The summed E-state index contributed by atoms with van der Waals surface area (Å²) < 4.78 is 7.08. The molecule has 1 N–H and O–H groups in total. The molecule has 0 bridgehead atoms. The number of nitro groups is 1. The lowest BCUT2D eigenvalue weighted by Gasteiger charge is -2.36. The standard InChI is InChI=1S/C15H21N5O4S/c21-11(12-2-1-8-24-12)10-17-3-5-18(6-4-17)13-14(20(22)23)19-7-9-25-15(19)16-13/h7,9,11-12,21H,1-6,8,10H2. The van der Waals surface area contributed by atoms with Crippen LogP contribution in [0.2, 0.25) is 0 Å². The molecule has 10 heteroatoms. The summed E-state index contributed by atoms with van der Waals surface area (Å²) in [5.41, 5.74) is 0. The van der Waals surface area contributed by atoms with E-state index in [9.17, 15) is 15.2 Å². The SMILES string of the molecule is O=[N+]([O-])c1c(N2CCN(CC(O)C3CCCO3)CC2)nc2sccn12. The van der Waals surface area contributed by atoms with E-state index in [4.69, 9.17) is 4.74 Å². The number of rotatable bonds is 5. The molecule has 2 aliphatic rings. The maximum absolute atomic E-state index is 11.5. The highest BCUT2D eigenvalue weighted by Crippen LogP contribution is 2.31. The Labute approximate surface area is 148 Å². The van der Waals surface area contributed by atoms with E-state index >= 15 is 0 Å². The first kappa shape index (κ1) is 16.7. The Morgan fingerprint density at radius 1 is 1.44 bits per heavy atom. The Hall–Kier alpha value is -1.75. The highest BCUT2D eigenvalue weighted by molar-refractivity contribution is 7.15. The first-order valence-electron chi connectivity index (χ1n) is 8.50. The molecule has 0 spiro atoms. The number of β-amino-alcohol motifs (C(OH)–C–C–N with tert-alkyl or cyclic N) is 1. The molecule has 0 aromatic carbocycles. The highest BCUT2D eigenvalue weighted by Gasteiger charge is 2.31. The van der Waals surface area contributed by atoms with E-state index in [-0.39, 0.29) is 16.8 Å². The quantitative estimate of drug-likeness (QED) is 0.621. The van der Waals surface area contributed by atoms with Crippen molar-refractivity contribution < 1.29 is 14.8 Å². The number of aliphatic hydroxyl groups is 1. The summed E-state index contributed by atoms with van der Waals surface area (Å²) in [5, 5.41) is 23.5. The smallest absolute Gasteiger partial charge is 0.373 e. The van der Waals surface area contributed by atoms with Crippen LogP contribution in [0.1, 0.15) is 12.8 Å². The van der Waals surface area contributed by atoms with Gasteiger partial charge in [-0.15, -0.1) is 0 Å². The predicted octanol–water partition coefficient (Wildman–Crippen LogP) is 0.966. The Balaban J connectivity index is 1.41. The molecule has 2 aromatic rings. The summed E-state index contributed by atoms with van der Waals surface area (Å²) in [4.78, 5) is 20.3. The molecule has 4 heterocycles. The average Bonchev–Trinajstić information content (AvgIpc) is 3.31. The number of ether oxygens (including phenoxy) is 1. The van der Waals surface area contributed by atoms with Crippen LogP contribution in [-0.4, -0.2) is 75.9 Å². The van der Waals surface area contributed by atoms with E-state index in [1.807, 2.05) is 4.90 Å². The number of nitrogens with zero attached hydrogens (tertiary/aromatic N) is 5. The maximum Gasteiger partial charge on any atom is 0.373 e. The van der Waals surface area contributed by atoms with Crippen LogP contribution in [0.25, 0.3) is 4.96 Å². The molecule has 0 aliphatic carbocycles. The van der Waals surface area contributed by atoms with E-state index < -0.39 is 6.10 Å². The Morgan fingerprint density at radius 3 is 2.92 bits per heavy atom. The van der Waals surface area contributed by atoms with Gasteiger partial charge in [-0.25, -0.2) is 0 Å².